The highest BCUT2D eigenvalue weighted by atomic mass is 16.7. The minimum absolute atomic E-state index is 0.00592. The second kappa shape index (κ2) is 25.5. The summed E-state index contributed by atoms with van der Waals surface area (Å²) < 4.78 is 30.7. The lowest BCUT2D eigenvalue weighted by atomic mass is 9.99. The number of unbranched alkanes of at least 4 members (excludes halogenated alkanes) is 1. The summed E-state index contributed by atoms with van der Waals surface area (Å²) in [4.78, 5) is 48.2. The van der Waals surface area contributed by atoms with Crippen molar-refractivity contribution in [2.75, 3.05) is 44.5 Å². The molecular weight excluding hydrogens is 1030 g/mol. The van der Waals surface area contributed by atoms with Crippen LogP contribution in [0.2, 0.25) is 0 Å². The zero-order valence-electron chi connectivity index (χ0n) is 43.8. The summed E-state index contributed by atoms with van der Waals surface area (Å²) in [7, 11) is 4.11. The number of carbonyl (C=O) groups is 3. The number of benzene rings is 4. The number of fused-ring (bicyclic) bond motifs is 3. The van der Waals surface area contributed by atoms with Crippen LogP contribution in [0.25, 0.3) is 21.9 Å². The lowest BCUT2D eigenvalue weighted by Crippen LogP contribution is -2.60. The summed E-state index contributed by atoms with van der Waals surface area (Å²) in [6.45, 7) is 2.17. The molecule has 0 radical (unpaired) electrons. The Kier molecular flexibility index (Phi) is 18.8. The minimum Gasteiger partial charge on any atom is -0.478 e. The van der Waals surface area contributed by atoms with Crippen molar-refractivity contribution >= 4 is 51.4 Å². The number of rotatable bonds is 22. The fourth-order valence-corrected chi connectivity index (χ4v) is 9.58. The zero-order valence-corrected chi connectivity index (χ0v) is 43.8. The molecule has 2 amide bonds. The number of aromatic carboxylic acids is 1. The highest BCUT2D eigenvalue weighted by molar-refractivity contribution is 6.10. The van der Waals surface area contributed by atoms with E-state index in [1.54, 1.807) is 36.4 Å². The normalized spacial score (nSPS) is 23.3. The molecule has 10 atom stereocenters. The molecule has 79 heavy (non-hydrogen) atoms. The molecule has 24 heteroatoms. The lowest BCUT2D eigenvalue weighted by Gasteiger charge is -2.39. The van der Waals surface area contributed by atoms with E-state index in [1.807, 2.05) is 24.3 Å². The third-order valence-electron chi connectivity index (χ3n) is 13.7. The molecule has 0 bridgehead atoms. The monoisotopic (exact) mass is 1100 g/mol. The molecule has 8 rings (SSSR count). The summed E-state index contributed by atoms with van der Waals surface area (Å²) in [6, 6.07) is 24.1. The zero-order chi connectivity index (χ0) is 56.7. The Bertz CT molecular complexity index is 3080. The number of aromatic nitrogens is 3. The molecular formula is C55H68N7O17+. The van der Waals surface area contributed by atoms with Gasteiger partial charge in [0.2, 0.25) is 18.5 Å². The molecule has 4 heterocycles. The number of carbonyl (C=O) groups excluding carboxylic acids is 2. The SMILES string of the molecule is CCCCc1nc2c(NC(=O)OCc3ccc(O[C@H]4O[C@H](CO)[C@@H](O)[C@H](O)[C@@H]4O)cc3)nc3cc(C(=O)O)ccc3c2n1Cc1ccc(C[N+](C)(C)Cc2ccc(O[C@H]3O[C@H](CO)[C@@H](O)[C@H](O)[C@@H]3O)c(NC(=O)CCN)c2)cc1. The standard InChI is InChI=1S/C55H67N7O17/c1-4-5-6-41-59-43-44(35-17-14-33(52(72)73)22-36(35)58-51(43)60-55(74)75-28-31-11-15-34(16-12-31)76-53-49(70)47(68)45(66)39(26-63)78-53)61(41)23-29-7-9-30(10-8-29)24-62(2,3)25-32-13-18-38(37(21-32)57-42(65)19-20-56)77-54-50(71)48(69)46(67)40(27-64)79-54/h7-18,21-22,39-40,45-50,53-54,63-64,66-71H,4-6,19-20,23-28,56H2,1-3H3,(H2-,57,58,60,65,72,73,74)/p+1/t39-,40-,45-,46-,47+,48+,49+,50+,53+,54+/m1/s1. The number of carboxylic acid groups (broad SMARTS) is 1. The number of carboxylic acids is 1. The van der Waals surface area contributed by atoms with Gasteiger partial charge in [0.1, 0.15) is 91.4 Å². The molecule has 24 nitrogen and oxygen atoms in total. The van der Waals surface area contributed by atoms with Crippen LogP contribution in [0, 0.1) is 0 Å². The van der Waals surface area contributed by atoms with Gasteiger partial charge in [-0.3, -0.25) is 10.1 Å². The van der Waals surface area contributed by atoms with E-state index in [0.29, 0.717) is 58.0 Å². The van der Waals surface area contributed by atoms with E-state index < -0.39 is 86.7 Å². The van der Waals surface area contributed by atoms with Crippen molar-refractivity contribution in [1.82, 2.24) is 14.5 Å². The van der Waals surface area contributed by atoms with Crippen molar-refractivity contribution in [3.05, 3.63) is 119 Å². The van der Waals surface area contributed by atoms with Crippen LogP contribution in [-0.2, 0) is 51.7 Å². The number of aliphatic hydroxyl groups excluding tert-OH is 8. The van der Waals surface area contributed by atoms with E-state index in [1.165, 1.54) is 24.3 Å². The number of nitrogens with one attached hydrogen (secondary N) is 2. The molecule has 0 saturated carbocycles. The van der Waals surface area contributed by atoms with Crippen molar-refractivity contribution < 1.29 is 88.5 Å². The van der Waals surface area contributed by atoms with Crippen molar-refractivity contribution in [1.29, 1.82) is 0 Å². The van der Waals surface area contributed by atoms with Gasteiger partial charge in [0.25, 0.3) is 0 Å². The Morgan fingerprint density at radius 3 is 1.95 bits per heavy atom. The predicted molar refractivity (Wildman–Crippen MR) is 283 cm³/mol. The average Bonchev–Trinajstić information content (AvgIpc) is 4.03. The number of quaternary nitrogens is 1. The summed E-state index contributed by atoms with van der Waals surface area (Å²) in [5.74, 6) is -0.408. The van der Waals surface area contributed by atoms with Gasteiger partial charge in [-0.1, -0.05) is 49.7 Å². The third-order valence-corrected chi connectivity index (χ3v) is 13.7. The van der Waals surface area contributed by atoms with Crippen LogP contribution >= 0.6 is 0 Å². The second-order valence-electron chi connectivity index (χ2n) is 20.4. The minimum atomic E-state index is -1.66. The number of ether oxygens (including phenoxy) is 5. The van der Waals surface area contributed by atoms with E-state index in [2.05, 4.69) is 36.2 Å². The largest absolute Gasteiger partial charge is 0.478 e. The summed E-state index contributed by atoms with van der Waals surface area (Å²) >= 11 is 0. The first-order valence-corrected chi connectivity index (χ1v) is 25.9. The highest BCUT2D eigenvalue weighted by Gasteiger charge is 2.46. The van der Waals surface area contributed by atoms with Gasteiger partial charge in [-0.25, -0.2) is 19.6 Å². The Morgan fingerprint density at radius 2 is 1.33 bits per heavy atom. The third kappa shape index (κ3) is 13.8. The van der Waals surface area contributed by atoms with Crippen molar-refractivity contribution in [3.63, 3.8) is 0 Å². The maximum Gasteiger partial charge on any atom is 0.413 e. The first-order chi connectivity index (χ1) is 37.8. The van der Waals surface area contributed by atoms with Crippen LogP contribution in [0.15, 0.2) is 84.9 Å². The number of nitrogens with zero attached hydrogens (tertiary/aromatic N) is 4. The molecule has 6 aromatic rings. The van der Waals surface area contributed by atoms with E-state index in [-0.39, 0.29) is 54.0 Å². The number of pyridine rings is 1. The van der Waals surface area contributed by atoms with Gasteiger partial charge < -0.3 is 89.7 Å². The Balaban J connectivity index is 0.987. The van der Waals surface area contributed by atoms with Crippen molar-refractivity contribution in [2.24, 2.45) is 5.73 Å². The molecule has 2 fully saturated rings. The molecule has 2 aromatic heterocycles. The lowest BCUT2D eigenvalue weighted by molar-refractivity contribution is -0.916. The topological polar surface area (TPSA) is 360 Å². The average molecular weight is 1100 g/mol. The molecule has 424 valence electrons. The van der Waals surface area contributed by atoms with E-state index >= 15 is 0 Å². The number of amides is 2. The maximum absolute atomic E-state index is 13.5. The van der Waals surface area contributed by atoms with Crippen molar-refractivity contribution in [3.8, 4) is 11.5 Å². The number of hydrogen-bond acceptors (Lipinski definition) is 19. The molecule has 4 aromatic carbocycles. The van der Waals surface area contributed by atoms with E-state index in [9.17, 15) is 60.3 Å². The van der Waals surface area contributed by atoms with Gasteiger partial charge in [0.05, 0.1) is 49.6 Å². The maximum atomic E-state index is 13.5. The molecule has 2 aliphatic rings. The summed E-state index contributed by atoms with van der Waals surface area (Å²) in [5, 5.41) is 97.1. The van der Waals surface area contributed by atoms with Gasteiger partial charge in [-0.2, -0.15) is 0 Å². The van der Waals surface area contributed by atoms with Gasteiger partial charge in [0, 0.05) is 42.4 Å². The number of anilines is 2. The molecule has 0 spiro atoms. The van der Waals surface area contributed by atoms with Crippen LogP contribution in [0.5, 0.6) is 11.5 Å². The summed E-state index contributed by atoms with van der Waals surface area (Å²) in [5.41, 5.74) is 10.5. The molecule has 0 unspecified atom stereocenters. The van der Waals surface area contributed by atoms with Gasteiger partial charge in [-0.15, -0.1) is 0 Å². The van der Waals surface area contributed by atoms with Crippen LogP contribution in [0.3, 0.4) is 0 Å². The second-order valence-corrected chi connectivity index (χ2v) is 20.4. The Hall–Kier alpha value is -6.91. The molecule has 13 N–H and O–H groups in total. The smallest absolute Gasteiger partial charge is 0.413 e. The first-order valence-electron chi connectivity index (χ1n) is 25.9. The summed E-state index contributed by atoms with van der Waals surface area (Å²) in [6.07, 6.45) is -13.4. The Morgan fingerprint density at radius 1 is 0.722 bits per heavy atom. The van der Waals surface area contributed by atoms with Gasteiger partial charge in [0.15, 0.2) is 5.82 Å². The van der Waals surface area contributed by atoms with Crippen LogP contribution in [0.4, 0.5) is 16.3 Å². The molecule has 0 aliphatic carbocycles. The van der Waals surface area contributed by atoms with Crippen LogP contribution in [0.1, 0.15) is 64.6 Å². The fraction of sp³-hybridized carbons (Fsp3) is 0.436. The highest BCUT2D eigenvalue weighted by Crippen LogP contribution is 2.35. The quantitative estimate of drug-likeness (QED) is 0.0432. The van der Waals surface area contributed by atoms with Crippen molar-refractivity contribution in [2.45, 2.75) is 120 Å². The van der Waals surface area contributed by atoms with Gasteiger partial charge in [-0.05, 0) is 66.1 Å². The number of nitrogens with two attached hydrogens (primary N) is 1. The van der Waals surface area contributed by atoms with E-state index in [4.69, 9.17) is 39.4 Å². The number of aliphatic hydroxyl groups is 8. The first kappa shape index (κ1) is 58.2. The number of hydrogen-bond donors (Lipinski definition) is 12. The van der Waals surface area contributed by atoms with Crippen LogP contribution in [-0.4, -0.2) is 178 Å². The van der Waals surface area contributed by atoms with Gasteiger partial charge >= 0.3 is 12.1 Å². The Labute approximate surface area is 453 Å². The molecule has 2 saturated heterocycles. The van der Waals surface area contributed by atoms with Crippen LogP contribution < -0.4 is 25.8 Å². The predicted octanol–water partition coefficient (Wildman–Crippen LogP) is 1.84. The van der Waals surface area contributed by atoms with E-state index in [0.717, 1.165) is 35.4 Å². The fourth-order valence-electron chi connectivity index (χ4n) is 9.58. The number of imidazole rings is 1. The number of aryl methyl sites for hydroxylation is 1. The molecule has 2 aliphatic heterocycles.